The molecular weight excluding hydrogens is 182 g/mol. The highest BCUT2D eigenvalue weighted by molar-refractivity contribution is 5.49. The normalized spacial score (nSPS) is 9.67. The van der Waals surface area contributed by atoms with E-state index in [1.807, 2.05) is 14.1 Å². The Kier molecular flexibility index (Phi) is 4.24. The van der Waals surface area contributed by atoms with Crippen LogP contribution in [0.25, 0.3) is 0 Å². The van der Waals surface area contributed by atoms with Gasteiger partial charge in [-0.2, -0.15) is 0 Å². The average Bonchev–Trinajstić information content (AvgIpc) is 2.18. The molecular formula is C14H19N. The van der Waals surface area contributed by atoms with Gasteiger partial charge in [-0.05, 0) is 30.2 Å². The van der Waals surface area contributed by atoms with E-state index in [1.165, 1.54) is 5.69 Å². The fourth-order valence-corrected chi connectivity index (χ4v) is 1.20. The summed E-state index contributed by atoms with van der Waals surface area (Å²) in [6.45, 7) is 4.37. The van der Waals surface area contributed by atoms with Gasteiger partial charge in [0.15, 0.2) is 0 Å². The minimum Gasteiger partial charge on any atom is -0.378 e. The molecule has 15 heavy (non-hydrogen) atoms. The number of anilines is 1. The van der Waals surface area contributed by atoms with Crippen molar-refractivity contribution in [1.29, 1.82) is 0 Å². The third-order valence-corrected chi connectivity index (χ3v) is 2.13. The zero-order chi connectivity index (χ0) is 11.3. The molecule has 1 heteroatoms. The Morgan fingerprint density at radius 2 is 1.73 bits per heavy atom. The van der Waals surface area contributed by atoms with Gasteiger partial charge in [0.25, 0.3) is 0 Å². The van der Waals surface area contributed by atoms with Crippen molar-refractivity contribution in [3.05, 3.63) is 29.8 Å². The molecule has 0 saturated heterocycles. The molecule has 0 heterocycles. The van der Waals surface area contributed by atoms with Gasteiger partial charge in [-0.1, -0.05) is 25.7 Å². The molecule has 0 spiro atoms. The van der Waals surface area contributed by atoms with E-state index in [0.717, 1.165) is 12.0 Å². The van der Waals surface area contributed by atoms with Gasteiger partial charge in [0.2, 0.25) is 0 Å². The first-order valence-electron chi connectivity index (χ1n) is 5.36. The van der Waals surface area contributed by atoms with Crippen molar-refractivity contribution in [2.75, 3.05) is 19.0 Å². The zero-order valence-corrected chi connectivity index (χ0v) is 10.0. The van der Waals surface area contributed by atoms with Crippen LogP contribution in [0.4, 0.5) is 5.69 Å². The smallest absolute Gasteiger partial charge is 0.0361 e. The molecule has 0 saturated carbocycles. The van der Waals surface area contributed by atoms with Gasteiger partial charge in [0.05, 0.1) is 0 Å². The zero-order valence-electron chi connectivity index (χ0n) is 10.0. The first-order valence-corrected chi connectivity index (χ1v) is 5.36. The summed E-state index contributed by atoms with van der Waals surface area (Å²) in [4.78, 5) is 2.09. The second kappa shape index (κ2) is 5.46. The first kappa shape index (κ1) is 11.7. The number of rotatable bonds is 2. The van der Waals surface area contributed by atoms with Crippen molar-refractivity contribution in [2.24, 2.45) is 5.92 Å². The van der Waals surface area contributed by atoms with Crippen molar-refractivity contribution < 1.29 is 0 Å². The largest absolute Gasteiger partial charge is 0.378 e. The van der Waals surface area contributed by atoms with Gasteiger partial charge in [0.1, 0.15) is 0 Å². The van der Waals surface area contributed by atoms with Crippen LogP contribution >= 0.6 is 0 Å². The van der Waals surface area contributed by atoms with Crippen LogP contribution in [-0.2, 0) is 0 Å². The molecule has 0 atom stereocenters. The molecule has 0 unspecified atom stereocenters. The molecule has 0 radical (unpaired) electrons. The van der Waals surface area contributed by atoms with E-state index in [4.69, 9.17) is 0 Å². The van der Waals surface area contributed by atoms with Crippen LogP contribution in [0.1, 0.15) is 25.8 Å². The van der Waals surface area contributed by atoms with Crippen LogP contribution < -0.4 is 4.90 Å². The molecule has 0 aliphatic rings. The number of hydrogen-bond acceptors (Lipinski definition) is 1. The molecule has 0 aliphatic heterocycles. The van der Waals surface area contributed by atoms with E-state index in [-0.39, 0.29) is 0 Å². The average molecular weight is 201 g/mol. The maximum atomic E-state index is 3.19. The summed E-state index contributed by atoms with van der Waals surface area (Å²) in [5.74, 6) is 7.01. The standard InChI is InChI=1S/C14H19N/c1-12(2)6-5-7-13-8-10-14(11-9-13)15(3)4/h8-12H,6H2,1-4H3. The Morgan fingerprint density at radius 1 is 1.13 bits per heavy atom. The molecule has 1 aromatic rings. The summed E-state index contributed by atoms with van der Waals surface area (Å²) in [5.41, 5.74) is 2.31. The SMILES string of the molecule is CC(C)CC#Cc1ccc(N(C)C)cc1. The van der Waals surface area contributed by atoms with Crippen LogP contribution in [0.15, 0.2) is 24.3 Å². The number of benzene rings is 1. The minimum absolute atomic E-state index is 0.651. The molecule has 0 fully saturated rings. The van der Waals surface area contributed by atoms with E-state index in [2.05, 4.69) is 54.9 Å². The Morgan fingerprint density at radius 3 is 2.20 bits per heavy atom. The summed E-state index contributed by atoms with van der Waals surface area (Å²) < 4.78 is 0. The Labute approximate surface area is 93.1 Å². The van der Waals surface area contributed by atoms with Gasteiger partial charge < -0.3 is 4.90 Å². The van der Waals surface area contributed by atoms with Crippen LogP contribution in [0.2, 0.25) is 0 Å². The molecule has 0 aliphatic carbocycles. The Hall–Kier alpha value is -1.42. The second-order valence-electron chi connectivity index (χ2n) is 4.34. The molecule has 80 valence electrons. The van der Waals surface area contributed by atoms with Gasteiger partial charge in [-0.15, -0.1) is 0 Å². The number of nitrogens with zero attached hydrogens (tertiary/aromatic N) is 1. The lowest BCUT2D eigenvalue weighted by molar-refractivity contribution is 0.676. The van der Waals surface area contributed by atoms with E-state index >= 15 is 0 Å². The van der Waals surface area contributed by atoms with E-state index in [0.29, 0.717) is 5.92 Å². The minimum atomic E-state index is 0.651. The summed E-state index contributed by atoms with van der Waals surface area (Å²) in [6, 6.07) is 8.34. The predicted molar refractivity (Wildman–Crippen MR) is 67.1 cm³/mol. The topological polar surface area (TPSA) is 3.24 Å². The summed E-state index contributed by atoms with van der Waals surface area (Å²) >= 11 is 0. The monoisotopic (exact) mass is 201 g/mol. The maximum absolute atomic E-state index is 3.19. The lowest BCUT2D eigenvalue weighted by Gasteiger charge is -2.11. The van der Waals surface area contributed by atoms with Crippen LogP contribution in [0.3, 0.4) is 0 Å². The van der Waals surface area contributed by atoms with Crippen LogP contribution in [-0.4, -0.2) is 14.1 Å². The molecule has 0 N–H and O–H groups in total. The molecule has 0 bridgehead atoms. The van der Waals surface area contributed by atoms with Crippen molar-refractivity contribution >= 4 is 5.69 Å². The molecule has 0 aromatic heterocycles. The fourth-order valence-electron chi connectivity index (χ4n) is 1.20. The highest BCUT2D eigenvalue weighted by Crippen LogP contribution is 2.11. The lowest BCUT2D eigenvalue weighted by Crippen LogP contribution is -2.07. The van der Waals surface area contributed by atoms with E-state index in [9.17, 15) is 0 Å². The third kappa shape index (κ3) is 4.08. The highest BCUT2D eigenvalue weighted by Gasteiger charge is 1.93. The van der Waals surface area contributed by atoms with Gasteiger partial charge in [-0.25, -0.2) is 0 Å². The van der Waals surface area contributed by atoms with Gasteiger partial charge in [0, 0.05) is 31.8 Å². The highest BCUT2D eigenvalue weighted by atomic mass is 15.1. The second-order valence-corrected chi connectivity index (χ2v) is 4.34. The Bertz CT molecular complexity index is 349. The molecule has 1 aromatic carbocycles. The van der Waals surface area contributed by atoms with Crippen LogP contribution in [0, 0.1) is 17.8 Å². The van der Waals surface area contributed by atoms with Gasteiger partial charge in [-0.3, -0.25) is 0 Å². The predicted octanol–water partition coefficient (Wildman–Crippen LogP) is 3.15. The summed E-state index contributed by atoms with van der Waals surface area (Å²) in [5, 5.41) is 0. The van der Waals surface area contributed by atoms with Crippen molar-refractivity contribution in [1.82, 2.24) is 0 Å². The molecule has 1 nitrogen and oxygen atoms in total. The summed E-state index contributed by atoms with van der Waals surface area (Å²) in [6.07, 6.45) is 0.968. The van der Waals surface area contributed by atoms with Crippen molar-refractivity contribution in [3.63, 3.8) is 0 Å². The first-order chi connectivity index (χ1) is 7.09. The fraction of sp³-hybridized carbons (Fsp3) is 0.429. The number of hydrogen-bond donors (Lipinski definition) is 0. The summed E-state index contributed by atoms with van der Waals surface area (Å²) in [7, 11) is 4.08. The Balaban J connectivity index is 2.67. The molecule has 1 rings (SSSR count). The van der Waals surface area contributed by atoms with E-state index in [1.54, 1.807) is 0 Å². The van der Waals surface area contributed by atoms with E-state index < -0.39 is 0 Å². The van der Waals surface area contributed by atoms with Crippen LogP contribution in [0.5, 0.6) is 0 Å². The van der Waals surface area contributed by atoms with Gasteiger partial charge >= 0.3 is 0 Å². The molecule has 0 amide bonds. The lowest BCUT2D eigenvalue weighted by atomic mass is 10.1. The van der Waals surface area contributed by atoms with Crippen molar-refractivity contribution in [3.8, 4) is 11.8 Å². The quantitative estimate of drug-likeness (QED) is 0.664. The van der Waals surface area contributed by atoms with Crippen molar-refractivity contribution in [2.45, 2.75) is 20.3 Å². The maximum Gasteiger partial charge on any atom is 0.0361 e. The third-order valence-electron chi connectivity index (χ3n) is 2.13.